The molecule has 1 N–H and O–H groups in total. The minimum absolute atomic E-state index is 0. The lowest BCUT2D eigenvalue weighted by Crippen LogP contribution is -3.00. The van der Waals surface area contributed by atoms with E-state index in [1.54, 1.807) is 7.11 Å². The van der Waals surface area contributed by atoms with Crippen molar-refractivity contribution in [2.75, 3.05) is 7.11 Å². The molecule has 0 atom stereocenters. The molecular formula is C22H22Cl2NO2-. The molecular weight excluding hydrogens is 381 g/mol. The van der Waals surface area contributed by atoms with Crippen LogP contribution in [-0.2, 0) is 19.7 Å². The molecule has 3 aromatic carbocycles. The van der Waals surface area contributed by atoms with E-state index in [1.165, 1.54) is 5.56 Å². The second kappa shape index (κ2) is 10.8. The lowest BCUT2D eigenvalue weighted by molar-refractivity contribution is -0.00000569. The summed E-state index contributed by atoms with van der Waals surface area (Å²) in [5, 5.41) is 4.16. The van der Waals surface area contributed by atoms with E-state index in [1.807, 2.05) is 60.7 Å². The number of ether oxygens (including phenoxy) is 2. The number of hydrogen-bond acceptors (Lipinski definition) is 3. The van der Waals surface area contributed by atoms with Gasteiger partial charge in [0.2, 0.25) is 0 Å². The van der Waals surface area contributed by atoms with E-state index in [-0.39, 0.29) is 12.4 Å². The number of hydrogen-bond donors (Lipinski definition) is 1. The molecule has 27 heavy (non-hydrogen) atoms. The lowest BCUT2D eigenvalue weighted by Gasteiger charge is -2.16. The van der Waals surface area contributed by atoms with Gasteiger partial charge in [-0.3, -0.25) is 0 Å². The summed E-state index contributed by atoms with van der Waals surface area (Å²) in [7, 11) is 1.65. The predicted octanol–water partition coefficient (Wildman–Crippen LogP) is 2.22. The Morgan fingerprint density at radius 2 is 1.52 bits per heavy atom. The van der Waals surface area contributed by atoms with E-state index in [0.717, 1.165) is 29.2 Å². The van der Waals surface area contributed by atoms with Crippen LogP contribution in [-0.4, -0.2) is 7.11 Å². The van der Waals surface area contributed by atoms with Crippen molar-refractivity contribution >= 4 is 11.6 Å². The van der Waals surface area contributed by atoms with E-state index in [9.17, 15) is 0 Å². The van der Waals surface area contributed by atoms with E-state index >= 15 is 0 Å². The lowest BCUT2D eigenvalue weighted by atomic mass is 10.1. The number of methoxy groups -OCH3 is 1. The van der Waals surface area contributed by atoms with Crippen LogP contribution in [0.2, 0.25) is 5.02 Å². The van der Waals surface area contributed by atoms with Crippen LogP contribution >= 0.6 is 11.6 Å². The highest BCUT2D eigenvalue weighted by Gasteiger charge is 2.11. The molecule has 0 saturated heterocycles. The third-order valence-corrected chi connectivity index (χ3v) is 4.47. The third-order valence-electron chi connectivity index (χ3n) is 4.10. The predicted molar refractivity (Wildman–Crippen MR) is 106 cm³/mol. The molecule has 3 rings (SSSR count). The van der Waals surface area contributed by atoms with Crippen LogP contribution in [0, 0.1) is 0 Å². The van der Waals surface area contributed by atoms with E-state index in [4.69, 9.17) is 21.1 Å². The van der Waals surface area contributed by atoms with Gasteiger partial charge in [-0.05, 0) is 17.7 Å². The van der Waals surface area contributed by atoms with Crippen LogP contribution in [0.1, 0.15) is 16.7 Å². The second-order valence-electron chi connectivity index (χ2n) is 5.92. The molecule has 3 aromatic rings. The summed E-state index contributed by atoms with van der Waals surface area (Å²) in [4.78, 5) is 0. The average molecular weight is 403 g/mol. The minimum atomic E-state index is 0. The largest absolute Gasteiger partial charge is 1.00 e. The zero-order chi connectivity index (χ0) is 18.2. The standard InChI is InChI=1S/C22H22ClNO2.ClH/c1-25-21-13-7-11-18(15-24-14-17-8-3-2-4-9-17)22(21)26-16-19-10-5-6-12-20(19)23;/h2-13,24H,14-16H2,1H3;1H/p-1. The average Bonchev–Trinajstić information content (AvgIpc) is 2.68. The number of benzene rings is 3. The van der Waals surface area contributed by atoms with Crippen LogP contribution in [0.15, 0.2) is 72.8 Å². The van der Waals surface area contributed by atoms with Crippen LogP contribution in [0.4, 0.5) is 0 Å². The Morgan fingerprint density at radius 1 is 0.815 bits per heavy atom. The van der Waals surface area contributed by atoms with Crippen molar-refractivity contribution in [1.29, 1.82) is 0 Å². The minimum Gasteiger partial charge on any atom is -1.00 e. The van der Waals surface area contributed by atoms with Gasteiger partial charge in [-0.1, -0.05) is 72.3 Å². The molecule has 0 saturated carbocycles. The summed E-state index contributed by atoms with van der Waals surface area (Å²) in [6.07, 6.45) is 0. The molecule has 0 fully saturated rings. The van der Waals surface area contributed by atoms with Gasteiger partial charge in [-0.2, -0.15) is 0 Å². The van der Waals surface area contributed by atoms with Gasteiger partial charge in [0.25, 0.3) is 0 Å². The van der Waals surface area contributed by atoms with Gasteiger partial charge >= 0.3 is 0 Å². The van der Waals surface area contributed by atoms with Gasteiger partial charge < -0.3 is 27.2 Å². The zero-order valence-corrected chi connectivity index (χ0v) is 16.6. The Kier molecular flexibility index (Phi) is 8.46. The van der Waals surface area contributed by atoms with Gasteiger partial charge in [-0.25, -0.2) is 0 Å². The number of halogens is 2. The first kappa shape index (κ1) is 21.1. The fraction of sp³-hybridized carbons (Fsp3) is 0.182. The normalized spacial score (nSPS) is 10.1. The van der Waals surface area contributed by atoms with Crippen LogP contribution < -0.4 is 27.2 Å². The Labute approximate surface area is 171 Å². The molecule has 0 amide bonds. The maximum Gasteiger partial charge on any atom is 0.166 e. The first-order chi connectivity index (χ1) is 12.8. The van der Waals surface area contributed by atoms with Crippen molar-refractivity contribution in [1.82, 2.24) is 5.32 Å². The topological polar surface area (TPSA) is 30.5 Å². The van der Waals surface area contributed by atoms with Crippen molar-refractivity contribution in [2.24, 2.45) is 0 Å². The smallest absolute Gasteiger partial charge is 0.166 e. The van der Waals surface area contributed by atoms with Gasteiger partial charge in [-0.15, -0.1) is 0 Å². The quantitative estimate of drug-likeness (QED) is 0.626. The van der Waals surface area contributed by atoms with Crippen LogP contribution in [0.25, 0.3) is 0 Å². The monoisotopic (exact) mass is 402 g/mol. The molecule has 0 aliphatic carbocycles. The number of para-hydroxylation sites is 1. The molecule has 0 aromatic heterocycles. The molecule has 0 spiro atoms. The highest BCUT2D eigenvalue weighted by molar-refractivity contribution is 6.31. The molecule has 0 bridgehead atoms. The van der Waals surface area contributed by atoms with Crippen molar-refractivity contribution < 1.29 is 21.9 Å². The van der Waals surface area contributed by atoms with Crippen LogP contribution in [0.5, 0.6) is 11.5 Å². The van der Waals surface area contributed by atoms with E-state index in [0.29, 0.717) is 18.2 Å². The summed E-state index contributed by atoms with van der Waals surface area (Å²) in [5.41, 5.74) is 3.24. The van der Waals surface area contributed by atoms with Crippen LogP contribution in [0.3, 0.4) is 0 Å². The van der Waals surface area contributed by atoms with Crippen molar-refractivity contribution in [2.45, 2.75) is 19.7 Å². The maximum atomic E-state index is 6.23. The number of nitrogens with one attached hydrogen (secondary N) is 1. The molecule has 142 valence electrons. The van der Waals surface area contributed by atoms with Gasteiger partial charge in [0.15, 0.2) is 11.5 Å². The van der Waals surface area contributed by atoms with Gasteiger partial charge in [0.05, 0.1) is 7.11 Å². The Bertz CT molecular complexity index is 841. The first-order valence-corrected chi connectivity index (χ1v) is 8.92. The highest BCUT2D eigenvalue weighted by Crippen LogP contribution is 2.32. The molecule has 0 aliphatic rings. The third kappa shape index (κ3) is 5.90. The summed E-state index contributed by atoms with van der Waals surface area (Å²) in [5.74, 6) is 1.46. The molecule has 0 radical (unpaired) electrons. The second-order valence-corrected chi connectivity index (χ2v) is 6.32. The van der Waals surface area contributed by atoms with Gasteiger partial charge in [0.1, 0.15) is 6.61 Å². The summed E-state index contributed by atoms with van der Waals surface area (Å²) >= 11 is 6.23. The molecule has 0 aliphatic heterocycles. The Balaban J connectivity index is 0.00000261. The number of rotatable bonds is 8. The van der Waals surface area contributed by atoms with Crippen molar-refractivity contribution in [3.63, 3.8) is 0 Å². The fourth-order valence-electron chi connectivity index (χ4n) is 2.73. The maximum absolute atomic E-state index is 6.23. The Hall–Kier alpha value is -2.20. The zero-order valence-electron chi connectivity index (χ0n) is 15.1. The van der Waals surface area contributed by atoms with Crippen molar-refractivity contribution in [3.8, 4) is 11.5 Å². The molecule has 0 heterocycles. The van der Waals surface area contributed by atoms with Gasteiger partial charge in [0, 0.05) is 29.2 Å². The highest BCUT2D eigenvalue weighted by atomic mass is 35.5. The van der Waals surface area contributed by atoms with E-state index in [2.05, 4.69) is 17.4 Å². The molecule has 0 unspecified atom stereocenters. The molecule has 3 nitrogen and oxygen atoms in total. The van der Waals surface area contributed by atoms with Crippen molar-refractivity contribution in [3.05, 3.63) is 94.5 Å². The Morgan fingerprint density at radius 3 is 2.26 bits per heavy atom. The molecule has 5 heteroatoms. The van der Waals surface area contributed by atoms with E-state index < -0.39 is 0 Å². The summed E-state index contributed by atoms with van der Waals surface area (Å²) in [6, 6.07) is 23.9. The first-order valence-electron chi connectivity index (χ1n) is 8.54. The summed E-state index contributed by atoms with van der Waals surface area (Å²) < 4.78 is 11.6. The SMILES string of the molecule is COc1cccc(CNCc2ccccc2)c1OCc1ccccc1Cl.[Cl-]. The fourth-order valence-corrected chi connectivity index (χ4v) is 2.92. The summed E-state index contributed by atoms with van der Waals surface area (Å²) in [6.45, 7) is 1.87.